The second-order valence-corrected chi connectivity index (χ2v) is 3.26. The summed E-state index contributed by atoms with van der Waals surface area (Å²) < 4.78 is 0. The molecule has 1 heterocycles. The third-order valence-electron chi connectivity index (χ3n) is 2.10. The molecular weight excluding hydrogens is 136 g/mol. The first-order valence-electron chi connectivity index (χ1n) is 4.07. The Labute approximate surface area is 66.7 Å². The second kappa shape index (κ2) is 2.29. The molecule has 2 nitrogen and oxygen atoms in total. The fourth-order valence-corrected chi connectivity index (χ4v) is 1.32. The predicted octanol–water partition coefficient (Wildman–Crippen LogP) is 1.97. The molecule has 1 aromatic heterocycles. The molecule has 0 N–H and O–H groups in total. The third kappa shape index (κ3) is 1.25. The van der Waals surface area contributed by atoms with Crippen molar-refractivity contribution in [2.75, 3.05) is 0 Å². The molecule has 1 aromatic rings. The summed E-state index contributed by atoms with van der Waals surface area (Å²) in [7, 11) is 0. The van der Waals surface area contributed by atoms with Crippen molar-refractivity contribution in [1.29, 1.82) is 0 Å². The summed E-state index contributed by atoms with van der Waals surface area (Å²) in [4.78, 5) is 8.56. The van der Waals surface area contributed by atoms with Gasteiger partial charge in [-0.1, -0.05) is 0 Å². The van der Waals surface area contributed by atoms with E-state index in [0.717, 1.165) is 11.7 Å². The van der Waals surface area contributed by atoms with Gasteiger partial charge in [0.1, 0.15) is 5.82 Å². The predicted molar refractivity (Wildman–Crippen MR) is 43.5 cm³/mol. The Balaban J connectivity index is 2.42. The molecule has 0 amide bonds. The minimum atomic E-state index is 0.747. The molecule has 2 rings (SSSR count). The molecule has 2 heteroatoms. The average molecular weight is 148 g/mol. The van der Waals surface area contributed by atoms with Gasteiger partial charge in [-0.2, -0.15) is 0 Å². The van der Waals surface area contributed by atoms with E-state index in [-0.39, 0.29) is 0 Å². The van der Waals surface area contributed by atoms with Gasteiger partial charge in [0.05, 0.1) is 5.69 Å². The van der Waals surface area contributed by atoms with Gasteiger partial charge in [-0.3, -0.25) is 0 Å². The standard InChI is InChI=1S/C9H12N2/c1-6-5-10-7(2)11-9(6)8-3-4-8/h5,8H,3-4H2,1-2H3. The maximum absolute atomic E-state index is 4.42. The van der Waals surface area contributed by atoms with Gasteiger partial charge in [0.25, 0.3) is 0 Å². The largest absolute Gasteiger partial charge is 0.241 e. The molecule has 1 aliphatic carbocycles. The van der Waals surface area contributed by atoms with Crippen LogP contribution in [0.3, 0.4) is 0 Å². The van der Waals surface area contributed by atoms with Crippen molar-refractivity contribution < 1.29 is 0 Å². The summed E-state index contributed by atoms with van der Waals surface area (Å²) in [6.07, 6.45) is 4.56. The Morgan fingerprint density at radius 3 is 2.73 bits per heavy atom. The van der Waals surface area contributed by atoms with E-state index in [4.69, 9.17) is 0 Å². The molecule has 1 saturated carbocycles. The lowest BCUT2D eigenvalue weighted by molar-refractivity contribution is 0.917. The van der Waals surface area contributed by atoms with Gasteiger partial charge in [0.15, 0.2) is 0 Å². The summed E-state index contributed by atoms with van der Waals surface area (Å²) in [5, 5.41) is 0. The molecule has 1 fully saturated rings. The fraction of sp³-hybridized carbons (Fsp3) is 0.556. The highest BCUT2D eigenvalue weighted by Crippen LogP contribution is 2.40. The molecule has 58 valence electrons. The first kappa shape index (κ1) is 6.77. The van der Waals surface area contributed by atoms with Crippen molar-refractivity contribution in [2.45, 2.75) is 32.6 Å². The Morgan fingerprint density at radius 1 is 1.36 bits per heavy atom. The quantitative estimate of drug-likeness (QED) is 0.608. The molecule has 0 bridgehead atoms. The Morgan fingerprint density at radius 2 is 2.09 bits per heavy atom. The molecular formula is C9H12N2. The Bertz CT molecular complexity index is 277. The Kier molecular flexibility index (Phi) is 1.41. The molecule has 1 aliphatic rings. The maximum atomic E-state index is 4.42. The third-order valence-corrected chi connectivity index (χ3v) is 2.10. The van der Waals surface area contributed by atoms with E-state index in [1.54, 1.807) is 0 Å². The van der Waals surface area contributed by atoms with Crippen LogP contribution in [0.4, 0.5) is 0 Å². The van der Waals surface area contributed by atoms with Crippen LogP contribution >= 0.6 is 0 Å². The average Bonchev–Trinajstić information content (AvgIpc) is 2.76. The summed E-state index contributed by atoms with van der Waals surface area (Å²) in [5.41, 5.74) is 2.52. The molecule has 0 spiro atoms. The lowest BCUT2D eigenvalue weighted by atomic mass is 10.2. The van der Waals surface area contributed by atoms with Crippen molar-refractivity contribution >= 4 is 0 Å². The van der Waals surface area contributed by atoms with E-state index in [1.807, 2.05) is 13.1 Å². The molecule has 0 aromatic carbocycles. The van der Waals surface area contributed by atoms with Gasteiger partial charge in [-0.15, -0.1) is 0 Å². The van der Waals surface area contributed by atoms with Gasteiger partial charge in [-0.25, -0.2) is 9.97 Å². The second-order valence-electron chi connectivity index (χ2n) is 3.26. The molecule has 0 unspecified atom stereocenters. The van der Waals surface area contributed by atoms with Crippen LogP contribution in [0.1, 0.15) is 35.8 Å². The number of aryl methyl sites for hydroxylation is 2. The first-order valence-corrected chi connectivity index (χ1v) is 4.07. The first-order chi connectivity index (χ1) is 5.27. The van der Waals surface area contributed by atoms with Crippen molar-refractivity contribution in [3.8, 4) is 0 Å². The Hall–Kier alpha value is -0.920. The number of hydrogen-bond donors (Lipinski definition) is 0. The fourth-order valence-electron chi connectivity index (χ4n) is 1.32. The SMILES string of the molecule is Cc1ncc(C)c(C2CC2)n1. The summed E-state index contributed by atoms with van der Waals surface area (Å²) in [6, 6.07) is 0. The van der Waals surface area contributed by atoms with Crippen molar-refractivity contribution in [3.05, 3.63) is 23.3 Å². The van der Waals surface area contributed by atoms with Crippen LogP contribution in [0.25, 0.3) is 0 Å². The van der Waals surface area contributed by atoms with E-state index >= 15 is 0 Å². The van der Waals surface area contributed by atoms with Gasteiger partial charge in [-0.05, 0) is 32.3 Å². The number of hydrogen-bond acceptors (Lipinski definition) is 2. The number of rotatable bonds is 1. The highest BCUT2D eigenvalue weighted by Gasteiger charge is 2.26. The van der Waals surface area contributed by atoms with E-state index in [2.05, 4.69) is 16.9 Å². The summed E-state index contributed by atoms with van der Waals surface area (Å²) >= 11 is 0. The van der Waals surface area contributed by atoms with Crippen molar-refractivity contribution in [1.82, 2.24) is 9.97 Å². The van der Waals surface area contributed by atoms with E-state index in [1.165, 1.54) is 24.1 Å². The van der Waals surface area contributed by atoms with E-state index in [9.17, 15) is 0 Å². The molecule has 0 aliphatic heterocycles. The van der Waals surface area contributed by atoms with Crippen LogP contribution in [-0.2, 0) is 0 Å². The molecule has 0 atom stereocenters. The van der Waals surface area contributed by atoms with Crippen molar-refractivity contribution in [2.24, 2.45) is 0 Å². The summed E-state index contributed by atoms with van der Waals surface area (Å²) in [6.45, 7) is 4.04. The lowest BCUT2D eigenvalue weighted by Crippen LogP contribution is -1.96. The van der Waals surface area contributed by atoms with Crippen LogP contribution in [0.15, 0.2) is 6.20 Å². The number of aromatic nitrogens is 2. The minimum absolute atomic E-state index is 0.747. The highest BCUT2D eigenvalue weighted by atomic mass is 14.9. The number of nitrogens with zero attached hydrogens (tertiary/aromatic N) is 2. The van der Waals surface area contributed by atoms with Crippen LogP contribution in [0.5, 0.6) is 0 Å². The molecule has 0 saturated heterocycles. The lowest BCUT2D eigenvalue weighted by Gasteiger charge is -2.01. The monoisotopic (exact) mass is 148 g/mol. The zero-order valence-corrected chi connectivity index (χ0v) is 6.96. The summed E-state index contributed by atoms with van der Waals surface area (Å²) in [5.74, 6) is 1.65. The molecule has 11 heavy (non-hydrogen) atoms. The topological polar surface area (TPSA) is 25.8 Å². The van der Waals surface area contributed by atoms with Crippen molar-refractivity contribution in [3.63, 3.8) is 0 Å². The smallest absolute Gasteiger partial charge is 0.125 e. The normalized spacial score (nSPS) is 16.9. The van der Waals surface area contributed by atoms with E-state index < -0.39 is 0 Å². The minimum Gasteiger partial charge on any atom is -0.241 e. The van der Waals surface area contributed by atoms with Gasteiger partial charge in [0, 0.05) is 12.1 Å². The van der Waals surface area contributed by atoms with Gasteiger partial charge in [0.2, 0.25) is 0 Å². The van der Waals surface area contributed by atoms with Crippen LogP contribution in [0, 0.1) is 13.8 Å². The van der Waals surface area contributed by atoms with Gasteiger partial charge < -0.3 is 0 Å². The van der Waals surface area contributed by atoms with Crippen LogP contribution < -0.4 is 0 Å². The molecule has 0 radical (unpaired) electrons. The highest BCUT2D eigenvalue weighted by molar-refractivity contribution is 5.23. The zero-order chi connectivity index (χ0) is 7.84. The van der Waals surface area contributed by atoms with Crippen LogP contribution in [0.2, 0.25) is 0 Å². The van der Waals surface area contributed by atoms with E-state index in [0.29, 0.717) is 0 Å². The van der Waals surface area contributed by atoms with Crippen LogP contribution in [-0.4, -0.2) is 9.97 Å². The zero-order valence-electron chi connectivity index (χ0n) is 6.96. The van der Waals surface area contributed by atoms with Gasteiger partial charge >= 0.3 is 0 Å². The maximum Gasteiger partial charge on any atom is 0.125 e.